The molecule has 1 nitrogen and oxygen atoms in total. The molecule has 0 amide bonds. The summed E-state index contributed by atoms with van der Waals surface area (Å²) in [5, 5.41) is 0. The highest BCUT2D eigenvalue weighted by Gasteiger charge is 1.93. The Balaban J connectivity index is 3.43. The van der Waals surface area contributed by atoms with Crippen molar-refractivity contribution in [3.8, 4) is 12.3 Å². The minimum Gasteiger partial charge on any atom is -0.302 e. The molecule has 0 rings (SSSR count). The first-order valence-corrected chi connectivity index (χ1v) is 2.26. The highest BCUT2D eigenvalue weighted by atomic mass is 16.1. The topological polar surface area (TPSA) is 17.1 Å². The van der Waals surface area contributed by atoms with Gasteiger partial charge in [0.1, 0.15) is 6.29 Å². The summed E-state index contributed by atoms with van der Waals surface area (Å²) in [5.74, 6) is 2.17. The summed E-state index contributed by atoms with van der Waals surface area (Å²) in [6.45, 7) is 1.89. The van der Waals surface area contributed by atoms with E-state index in [9.17, 15) is 4.79 Å². The van der Waals surface area contributed by atoms with Crippen molar-refractivity contribution in [2.24, 2.45) is 5.92 Å². The van der Waals surface area contributed by atoms with Crippen molar-refractivity contribution in [2.45, 2.75) is 13.3 Å². The van der Waals surface area contributed by atoms with Crippen molar-refractivity contribution in [1.82, 2.24) is 0 Å². The fraction of sp³-hybridized carbons (Fsp3) is 0.500. The van der Waals surface area contributed by atoms with Crippen LogP contribution in [0.2, 0.25) is 0 Å². The molecule has 0 saturated heterocycles. The molecule has 0 radical (unpaired) electrons. The minimum absolute atomic E-state index is 0.167. The van der Waals surface area contributed by atoms with E-state index >= 15 is 0 Å². The summed E-state index contributed by atoms with van der Waals surface area (Å²) in [6.07, 6.45) is 6.45. The number of aldehydes is 1. The SMILES string of the molecule is C#CC(C=O)CC. The monoisotopic (exact) mass is 96.1 g/mol. The lowest BCUT2D eigenvalue weighted by molar-refractivity contribution is -0.109. The minimum atomic E-state index is -0.167. The van der Waals surface area contributed by atoms with Gasteiger partial charge in [0.2, 0.25) is 0 Å². The van der Waals surface area contributed by atoms with Crippen LogP contribution in [0.15, 0.2) is 0 Å². The molecular formula is C6H8O. The summed E-state index contributed by atoms with van der Waals surface area (Å²) in [5.41, 5.74) is 0. The van der Waals surface area contributed by atoms with Gasteiger partial charge in [-0.05, 0) is 6.42 Å². The average molecular weight is 96.1 g/mol. The Morgan fingerprint density at radius 1 is 2.00 bits per heavy atom. The normalized spacial score (nSPS) is 12.0. The second-order valence-electron chi connectivity index (χ2n) is 1.32. The second kappa shape index (κ2) is 3.42. The quantitative estimate of drug-likeness (QED) is 0.368. The van der Waals surface area contributed by atoms with Crippen LogP contribution < -0.4 is 0 Å². The Labute approximate surface area is 43.7 Å². The lowest BCUT2D eigenvalue weighted by atomic mass is 10.1. The molecule has 0 spiro atoms. The van der Waals surface area contributed by atoms with Crippen LogP contribution in [0.3, 0.4) is 0 Å². The van der Waals surface area contributed by atoms with Gasteiger partial charge in [-0.1, -0.05) is 12.8 Å². The van der Waals surface area contributed by atoms with E-state index in [2.05, 4.69) is 5.92 Å². The predicted molar refractivity (Wildman–Crippen MR) is 28.7 cm³/mol. The molecule has 0 fully saturated rings. The number of hydrogen-bond acceptors (Lipinski definition) is 1. The maximum absolute atomic E-state index is 9.82. The van der Waals surface area contributed by atoms with Crippen molar-refractivity contribution < 1.29 is 4.79 Å². The van der Waals surface area contributed by atoms with Crippen LogP contribution in [-0.4, -0.2) is 6.29 Å². The first kappa shape index (κ1) is 6.23. The van der Waals surface area contributed by atoms with Crippen LogP contribution in [0, 0.1) is 18.3 Å². The third-order valence-corrected chi connectivity index (χ3v) is 0.818. The zero-order valence-corrected chi connectivity index (χ0v) is 4.35. The van der Waals surface area contributed by atoms with Crippen molar-refractivity contribution >= 4 is 6.29 Å². The Hall–Kier alpha value is -0.770. The van der Waals surface area contributed by atoms with Crippen LogP contribution in [0.1, 0.15) is 13.3 Å². The molecule has 0 N–H and O–H groups in total. The van der Waals surface area contributed by atoms with Gasteiger partial charge in [0, 0.05) is 0 Å². The molecule has 7 heavy (non-hydrogen) atoms. The van der Waals surface area contributed by atoms with Gasteiger partial charge in [-0.3, -0.25) is 0 Å². The van der Waals surface area contributed by atoms with Crippen molar-refractivity contribution in [3.63, 3.8) is 0 Å². The van der Waals surface area contributed by atoms with E-state index in [0.717, 1.165) is 12.7 Å². The predicted octanol–water partition coefficient (Wildman–Crippen LogP) is 0.845. The van der Waals surface area contributed by atoms with Gasteiger partial charge >= 0.3 is 0 Å². The van der Waals surface area contributed by atoms with Gasteiger partial charge in [0.05, 0.1) is 5.92 Å². The maximum Gasteiger partial charge on any atom is 0.134 e. The third-order valence-electron chi connectivity index (χ3n) is 0.818. The zero-order valence-electron chi connectivity index (χ0n) is 4.35. The Morgan fingerprint density at radius 2 is 2.57 bits per heavy atom. The van der Waals surface area contributed by atoms with E-state index < -0.39 is 0 Å². The summed E-state index contributed by atoms with van der Waals surface area (Å²) in [6, 6.07) is 0. The molecule has 0 saturated carbocycles. The fourth-order valence-corrected chi connectivity index (χ4v) is 0.253. The van der Waals surface area contributed by atoms with Gasteiger partial charge < -0.3 is 4.79 Å². The molecule has 1 atom stereocenters. The molecule has 0 heterocycles. The molecule has 0 aliphatic rings. The summed E-state index contributed by atoms with van der Waals surface area (Å²) in [7, 11) is 0. The van der Waals surface area contributed by atoms with E-state index in [-0.39, 0.29) is 5.92 Å². The molecule has 0 bridgehead atoms. The first-order valence-electron chi connectivity index (χ1n) is 2.26. The first-order chi connectivity index (χ1) is 3.35. The van der Waals surface area contributed by atoms with E-state index in [1.807, 2.05) is 6.92 Å². The number of carbonyl (C=O) groups is 1. The van der Waals surface area contributed by atoms with E-state index in [1.165, 1.54) is 0 Å². The van der Waals surface area contributed by atoms with Gasteiger partial charge in [-0.15, -0.1) is 6.42 Å². The number of rotatable bonds is 2. The highest BCUT2D eigenvalue weighted by molar-refractivity contribution is 5.57. The maximum atomic E-state index is 9.82. The van der Waals surface area contributed by atoms with Gasteiger partial charge in [0.15, 0.2) is 0 Å². The smallest absolute Gasteiger partial charge is 0.134 e. The zero-order chi connectivity index (χ0) is 5.70. The average Bonchev–Trinajstić information content (AvgIpc) is 1.72. The molecule has 0 aliphatic heterocycles. The largest absolute Gasteiger partial charge is 0.302 e. The van der Waals surface area contributed by atoms with Crippen LogP contribution >= 0.6 is 0 Å². The van der Waals surface area contributed by atoms with E-state index in [1.54, 1.807) is 0 Å². The summed E-state index contributed by atoms with van der Waals surface area (Å²) in [4.78, 5) is 9.82. The van der Waals surface area contributed by atoms with Gasteiger partial charge in [-0.25, -0.2) is 0 Å². The Kier molecular flexibility index (Phi) is 3.04. The molecule has 0 aromatic heterocycles. The summed E-state index contributed by atoms with van der Waals surface area (Å²) >= 11 is 0. The molecule has 0 aromatic rings. The van der Waals surface area contributed by atoms with Crippen molar-refractivity contribution in [3.05, 3.63) is 0 Å². The van der Waals surface area contributed by atoms with Gasteiger partial charge in [0.25, 0.3) is 0 Å². The van der Waals surface area contributed by atoms with Crippen LogP contribution in [0.5, 0.6) is 0 Å². The second-order valence-corrected chi connectivity index (χ2v) is 1.32. The van der Waals surface area contributed by atoms with Crippen molar-refractivity contribution in [2.75, 3.05) is 0 Å². The Morgan fingerprint density at radius 3 is 2.57 bits per heavy atom. The fourth-order valence-electron chi connectivity index (χ4n) is 0.253. The highest BCUT2D eigenvalue weighted by Crippen LogP contribution is 1.92. The number of hydrogen-bond donors (Lipinski definition) is 0. The van der Waals surface area contributed by atoms with E-state index in [4.69, 9.17) is 6.42 Å². The lowest BCUT2D eigenvalue weighted by Crippen LogP contribution is -1.93. The van der Waals surface area contributed by atoms with Crippen LogP contribution in [0.4, 0.5) is 0 Å². The lowest BCUT2D eigenvalue weighted by Gasteiger charge is -1.89. The molecule has 38 valence electrons. The van der Waals surface area contributed by atoms with E-state index in [0.29, 0.717) is 0 Å². The third kappa shape index (κ3) is 1.99. The number of terminal acetylenes is 1. The van der Waals surface area contributed by atoms with Crippen molar-refractivity contribution in [1.29, 1.82) is 0 Å². The molecule has 1 unspecified atom stereocenters. The standard InChI is InChI=1S/C6H8O/c1-3-6(4-2)5-7/h1,5-6H,4H2,2H3. The molecular weight excluding hydrogens is 88.1 g/mol. The Bertz CT molecular complexity index is 88.8. The van der Waals surface area contributed by atoms with Gasteiger partial charge in [-0.2, -0.15) is 0 Å². The molecule has 0 aliphatic carbocycles. The van der Waals surface area contributed by atoms with Crippen LogP contribution in [0.25, 0.3) is 0 Å². The number of carbonyl (C=O) groups excluding carboxylic acids is 1. The van der Waals surface area contributed by atoms with Crippen LogP contribution in [-0.2, 0) is 4.79 Å². The summed E-state index contributed by atoms with van der Waals surface area (Å²) < 4.78 is 0. The molecule has 1 heteroatoms. The molecule has 0 aromatic carbocycles.